The van der Waals surface area contributed by atoms with Gasteiger partial charge in [0.15, 0.2) is 6.10 Å². The van der Waals surface area contributed by atoms with E-state index in [0.717, 1.165) is 52.7 Å². The van der Waals surface area contributed by atoms with Crippen LogP contribution in [0.4, 0.5) is 5.69 Å². The van der Waals surface area contributed by atoms with Crippen LogP contribution in [0.15, 0.2) is 47.8 Å². The molecule has 0 fully saturated rings. The summed E-state index contributed by atoms with van der Waals surface area (Å²) in [6.45, 7) is 5.74. The first kappa shape index (κ1) is 23.3. The minimum Gasteiger partial charge on any atom is -0.494 e. The summed E-state index contributed by atoms with van der Waals surface area (Å²) >= 11 is 1.62. The third-order valence-electron chi connectivity index (χ3n) is 5.57. The number of methoxy groups -OCH3 is 1. The fourth-order valence-corrected chi connectivity index (χ4v) is 4.60. The summed E-state index contributed by atoms with van der Waals surface area (Å²) < 4.78 is 16.9. The van der Waals surface area contributed by atoms with Crippen LogP contribution in [0.5, 0.6) is 11.5 Å². The van der Waals surface area contributed by atoms with Gasteiger partial charge in [0.2, 0.25) is 0 Å². The summed E-state index contributed by atoms with van der Waals surface area (Å²) in [6, 6.07) is 14.0. The Morgan fingerprint density at radius 3 is 2.85 bits per heavy atom. The lowest BCUT2D eigenvalue weighted by Gasteiger charge is -2.33. The average molecular weight is 467 g/mol. The number of anilines is 1. The normalized spacial score (nSPS) is 15.3. The highest BCUT2D eigenvalue weighted by atomic mass is 32.1. The van der Waals surface area contributed by atoms with Crippen molar-refractivity contribution in [3.8, 4) is 22.8 Å². The van der Waals surface area contributed by atoms with E-state index in [-0.39, 0.29) is 5.91 Å². The van der Waals surface area contributed by atoms with Gasteiger partial charge in [0.1, 0.15) is 11.5 Å². The molecule has 1 unspecified atom stereocenters. The van der Waals surface area contributed by atoms with E-state index in [2.05, 4.69) is 13.0 Å². The topological polar surface area (TPSA) is 60.9 Å². The summed E-state index contributed by atoms with van der Waals surface area (Å²) in [5.41, 5.74) is 3.87. The van der Waals surface area contributed by atoms with Gasteiger partial charge in [-0.3, -0.25) is 4.79 Å². The zero-order valence-corrected chi connectivity index (χ0v) is 20.2. The van der Waals surface area contributed by atoms with Crippen molar-refractivity contribution in [1.29, 1.82) is 0 Å². The zero-order valence-electron chi connectivity index (χ0n) is 19.4. The molecule has 0 N–H and O–H groups in total. The fourth-order valence-electron chi connectivity index (χ4n) is 3.81. The lowest BCUT2D eigenvalue weighted by Crippen LogP contribution is -2.45. The number of benzene rings is 2. The van der Waals surface area contributed by atoms with E-state index in [4.69, 9.17) is 19.2 Å². The number of nitrogens with zero attached hydrogens (tertiary/aromatic N) is 2. The highest BCUT2D eigenvalue weighted by Gasteiger charge is 2.31. The first-order valence-electron chi connectivity index (χ1n) is 11.3. The van der Waals surface area contributed by atoms with E-state index in [9.17, 15) is 4.79 Å². The maximum Gasteiger partial charge on any atom is 0.267 e. The molecular weight excluding hydrogens is 436 g/mol. The van der Waals surface area contributed by atoms with Gasteiger partial charge >= 0.3 is 0 Å². The molecule has 4 rings (SSSR count). The number of aryl methyl sites for hydroxylation is 1. The fraction of sp³-hybridized carbons (Fsp3) is 0.385. The van der Waals surface area contributed by atoms with Crippen LogP contribution in [0.1, 0.15) is 30.3 Å². The van der Waals surface area contributed by atoms with Gasteiger partial charge in [0.25, 0.3) is 5.91 Å². The molecule has 1 aliphatic rings. The smallest absolute Gasteiger partial charge is 0.267 e. The second-order valence-corrected chi connectivity index (χ2v) is 9.12. The van der Waals surface area contributed by atoms with Gasteiger partial charge in [-0.15, -0.1) is 11.3 Å². The van der Waals surface area contributed by atoms with Gasteiger partial charge in [0.05, 0.1) is 29.6 Å². The van der Waals surface area contributed by atoms with E-state index in [1.807, 2.05) is 46.7 Å². The van der Waals surface area contributed by atoms with E-state index >= 15 is 0 Å². The molecule has 174 valence electrons. The van der Waals surface area contributed by atoms with Crippen molar-refractivity contribution in [1.82, 2.24) is 4.98 Å². The summed E-state index contributed by atoms with van der Waals surface area (Å²) in [5.74, 6) is 1.60. The van der Waals surface area contributed by atoms with Crippen LogP contribution >= 0.6 is 11.3 Å². The van der Waals surface area contributed by atoms with Crippen LogP contribution in [-0.4, -0.2) is 43.9 Å². The van der Waals surface area contributed by atoms with Crippen LogP contribution in [0.2, 0.25) is 0 Å². The number of fused-ring (bicyclic) bond motifs is 1. The largest absolute Gasteiger partial charge is 0.494 e. The van der Waals surface area contributed by atoms with E-state index < -0.39 is 6.10 Å². The second-order valence-electron chi connectivity index (χ2n) is 8.17. The quantitative estimate of drug-likeness (QED) is 0.381. The number of ether oxygens (including phenoxy) is 3. The molecule has 3 aromatic rings. The van der Waals surface area contributed by atoms with Crippen LogP contribution in [0.3, 0.4) is 0 Å². The second kappa shape index (κ2) is 10.8. The maximum atomic E-state index is 12.9. The number of rotatable bonds is 10. The third kappa shape index (κ3) is 5.72. The number of aromatic nitrogens is 1. The highest BCUT2D eigenvalue weighted by Crippen LogP contribution is 2.38. The van der Waals surface area contributed by atoms with Gasteiger partial charge in [-0.2, -0.15) is 0 Å². The van der Waals surface area contributed by atoms with Crippen LogP contribution in [-0.2, 0) is 16.0 Å². The molecule has 2 aromatic carbocycles. The van der Waals surface area contributed by atoms with Crippen molar-refractivity contribution in [2.75, 3.05) is 31.8 Å². The van der Waals surface area contributed by atoms with Crippen LogP contribution in [0, 0.1) is 6.92 Å². The first-order valence-corrected chi connectivity index (χ1v) is 12.2. The van der Waals surface area contributed by atoms with Crippen molar-refractivity contribution in [3.63, 3.8) is 0 Å². The van der Waals surface area contributed by atoms with Gasteiger partial charge in [-0.05, 0) is 62.6 Å². The van der Waals surface area contributed by atoms with Gasteiger partial charge in [0, 0.05) is 31.0 Å². The number of unbranched alkanes of at least 4 members (excludes halogenated alkanes) is 1. The standard InChI is InChI=1S/C26H30N2O4S/c1-18-7-6-8-21(15-18)31-13-5-4-12-28-23-16-20(9-10-24(23)32-19(2)26(28)29)22-17-33-25(27-22)11-14-30-3/h6-10,15-17,19H,4-5,11-14H2,1-3H3. The number of hydrogen-bond acceptors (Lipinski definition) is 6. The van der Waals surface area contributed by atoms with Crippen LogP contribution < -0.4 is 14.4 Å². The Hall–Kier alpha value is -2.90. The summed E-state index contributed by atoms with van der Waals surface area (Å²) in [5, 5.41) is 3.09. The molecule has 1 aromatic heterocycles. The summed E-state index contributed by atoms with van der Waals surface area (Å²) in [4.78, 5) is 19.5. The first-order chi connectivity index (χ1) is 16.0. The lowest BCUT2D eigenvalue weighted by molar-refractivity contribution is -0.125. The van der Waals surface area contributed by atoms with Crippen molar-refractivity contribution >= 4 is 22.9 Å². The molecule has 1 amide bonds. The van der Waals surface area contributed by atoms with E-state index in [1.165, 1.54) is 5.56 Å². The van der Waals surface area contributed by atoms with Crippen molar-refractivity contribution in [2.24, 2.45) is 0 Å². The molecule has 6 nitrogen and oxygen atoms in total. The Morgan fingerprint density at radius 1 is 1.15 bits per heavy atom. The van der Waals surface area contributed by atoms with E-state index in [0.29, 0.717) is 19.8 Å². The predicted molar refractivity (Wildman–Crippen MR) is 131 cm³/mol. The average Bonchev–Trinajstić information content (AvgIpc) is 3.28. The predicted octanol–water partition coefficient (Wildman–Crippen LogP) is 5.28. The highest BCUT2D eigenvalue weighted by molar-refractivity contribution is 7.09. The molecule has 7 heteroatoms. The molecule has 0 aliphatic carbocycles. The molecule has 0 radical (unpaired) electrons. The Labute approximate surface area is 199 Å². The lowest BCUT2D eigenvalue weighted by atomic mass is 10.1. The number of amides is 1. The van der Waals surface area contributed by atoms with Crippen LogP contribution in [0.25, 0.3) is 11.3 Å². The van der Waals surface area contributed by atoms with Crippen molar-refractivity contribution in [2.45, 2.75) is 39.2 Å². The molecule has 2 heterocycles. The summed E-state index contributed by atoms with van der Waals surface area (Å²) in [6.07, 6.45) is 2.00. The minimum atomic E-state index is -0.494. The molecule has 0 bridgehead atoms. The molecule has 1 aliphatic heterocycles. The van der Waals surface area contributed by atoms with Crippen molar-refractivity contribution < 1.29 is 19.0 Å². The zero-order chi connectivity index (χ0) is 23.2. The minimum absolute atomic E-state index is 0.0155. The number of carbonyl (C=O) groups is 1. The Bertz CT molecular complexity index is 1100. The molecule has 1 atom stereocenters. The number of thiazole rings is 1. The molecule has 0 spiro atoms. The van der Waals surface area contributed by atoms with E-state index in [1.54, 1.807) is 25.4 Å². The Kier molecular flexibility index (Phi) is 7.62. The maximum absolute atomic E-state index is 12.9. The third-order valence-corrected chi connectivity index (χ3v) is 6.48. The monoisotopic (exact) mass is 466 g/mol. The number of hydrogen-bond donors (Lipinski definition) is 0. The Balaban J connectivity index is 1.42. The van der Waals surface area contributed by atoms with Gasteiger partial charge < -0.3 is 19.1 Å². The van der Waals surface area contributed by atoms with Gasteiger partial charge in [-0.1, -0.05) is 12.1 Å². The summed E-state index contributed by atoms with van der Waals surface area (Å²) in [7, 11) is 1.69. The molecule has 0 saturated carbocycles. The molecule has 33 heavy (non-hydrogen) atoms. The van der Waals surface area contributed by atoms with Crippen molar-refractivity contribution in [3.05, 3.63) is 58.4 Å². The SMILES string of the molecule is COCCc1nc(-c2ccc3c(c2)N(CCCCOc2cccc(C)c2)C(=O)C(C)O3)cs1. The Morgan fingerprint density at radius 2 is 2.03 bits per heavy atom. The molecule has 0 saturated heterocycles. The molecular formula is C26H30N2O4S. The van der Waals surface area contributed by atoms with Gasteiger partial charge in [-0.25, -0.2) is 4.98 Å². The number of carbonyl (C=O) groups excluding carboxylic acids is 1.